The standard InChI is InChI=1S/C16H16O6/c1-20-14(17)11-4-2-3-7-16(11,15(18)19)10-5-6-12-13(8-10)22-9-21-12/h2-3,5-6,8,11H,4,7,9H2,1H3,(H,18,19). The Morgan fingerprint density at radius 3 is 2.77 bits per heavy atom. The molecule has 2 atom stereocenters. The first kappa shape index (κ1) is 14.4. The Morgan fingerprint density at radius 1 is 1.27 bits per heavy atom. The lowest BCUT2D eigenvalue weighted by Crippen LogP contribution is -2.47. The van der Waals surface area contributed by atoms with Crippen molar-refractivity contribution < 1.29 is 28.9 Å². The number of ether oxygens (including phenoxy) is 3. The van der Waals surface area contributed by atoms with Gasteiger partial charge in [-0.1, -0.05) is 18.2 Å². The van der Waals surface area contributed by atoms with Crippen molar-refractivity contribution in [1.29, 1.82) is 0 Å². The smallest absolute Gasteiger partial charge is 0.315 e. The van der Waals surface area contributed by atoms with E-state index in [0.717, 1.165) is 0 Å². The largest absolute Gasteiger partial charge is 0.481 e. The molecule has 116 valence electrons. The molecule has 0 radical (unpaired) electrons. The second-order valence-electron chi connectivity index (χ2n) is 5.33. The number of fused-ring (bicyclic) bond motifs is 1. The molecule has 0 amide bonds. The Kier molecular flexibility index (Phi) is 3.52. The number of hydrogen-bond acceptors (Lipinski definition) is 5. The minimum Gasteiger partial charge on any atom is -0.481 e. The van der Waals surface area contributed by atoms with Crippen LogP contribution in [0.1, 0.15) is 18.4 Å². The first-order chi connectivity index (χ1) is 10.6. The van der Waals surface area contributed by atoms with Gasteiger partial charge in [0.2, 0.25) is 6.79 Å². The molecule has 3 rings (SSSR count). The highest BCUT2D eigenvalue weighted by molar-refractivity contribution is 5.90. The lowest BCUT2D eigenvalue weighted by Gasteiger charge is -2.37. The number of aliphatic carboxylic acids is 1. The van der Waals surface area contributed by atoms with Crippen LogP contribution in [0, 0.1) is 5.92 Å². The summed E-state index contributed by atoms with van der Waals surface area (Å²) in [5.41, 5.74) is -0.841. The maximum Gasteiger partial charge on any atom is 0.315 e. The summed E-state index contributed by atoms with van der Waals surface area (Å²) in [6.45, 7) is 0.110. The molecule has 6 heteroatoms. The third kappa shape index (κ3) is 2.03. The van der Waals surface area contributed by atoms with Gasteiger partial charge in [-0.3, -0.25) is 9.59 Å². The van der Waals surface area contributed by atoms with Gasteiger partial charge in [0.25, 0.3) is 0 Å². The summed E-state index contributed by atoms with van der Waals surface area (Å²) in [5.74, 6) is -1.28. The second kappa shape index (κ2) is 5.36. The minimum absolute atomic E-state index is 0.110. The Bertz CT molecular complexity index is 650. The van der Waals surface area contributed by atoms with E-state index in [9.17, 15) is 14.7 Å². The maximum absolute atomic E-state index is 12.1. The predicted molar refractivity (Wildman–Crippen MR) is 75.8 cm³/mol. The fourth-order valence-electron chi connectivity index (χ4n) is 3.14. The van der Waals surface area contributed by atoms with Crippen molar-refractivity contribution in [3.8, 4) is 11.5 Å². The molecule has 0 aromatic heterocycles. The van der Waals surface area contributed by atoms with Crippen molar-refractivity contribution in [2.75, 3.05) is 13.9 Å². The van der Waals surface area contributed by atoms with E-state index in [1.54, 1.807) is 24.3 Å². The Labute approximate surface area is 127 Å². The van der Waals surface area contributed by atoms with E-state index in [1.165, 1.54) is 7.11 Å². The van der Waals surface area contributed by atoms with Crippen LogP contribution in [0.4, 0.5) is 0 Å². The second-order valence-corrected chi connectivity index (χ2v) is 5.33. The van der Waals surface area contributed by atoms with Crippen LogP contribution in [-0.2, 0) is 19.7 Å². The van der Waals surface area contributed by atoms with Crippen LogP contribution in [-0.4, -0.2) is 30.9 Å². The average molecular weight is 304 g/mol. The highest BCUT2D eigenvalue weighted by Gasteiger charge is 2.51. The molecule has 0 spiro atoms. The minimum atomic E-state index is -1.36. The molecular formula is C16H16O6. The number of carbonyl (C=O) groups excluding carboxylic acids is 1. The quantitative estimate of drug-likeness (QED) is 0.678. The van der Waals surface area contributed by atoms with Crippen molar-refractivity contribution in [3.05, 3.63) is 35.9 Å². The number of rotatable bonds is 3. The lowest BCUT2D eigenvalue weighted by atomic mass is 9.64. The summed E-state index contributed by atoms with van der Waals surface area (Å²) >= 11 is 0. The monoisotopic (exact) mass is 304 g/mol. The molecule has 0 fully saturated rings. The number of esters is 1. The van der Waals surface area contributed by atoms with E-state index < -0.39 is 23.3 Å². The maximum atomic E-state index is 12.1. The van der Waals surface area contributed by atoms with Gasteiger partial charge in [0, 0.05) is 0 Å². The molecule has 2 aliphatic rings. The number of hydrogen-bond donors (Lipinski definition) is 1. The van der Waals surface area contributed by atoms with E-state index in [4.69, 9.17) is 14.2 Å². The van der Waals surface area contributed by atoms with Crippen LogP contribution in [0.2, 0.25) is 0 Å². The fourth-order valence-corrected chi connectivity index (χ4v) is 3.14. The van der Waals surface area contributed by atoms with E-state index in [1.807, 2.05) is 6.08 Å². The summed E-state index contributed by atoms with van der Waals surface area (Å²) in [6.07, 6.45) is 4.16. The lowest BCUT2D eigenvalue weighted by molar-refractivity contribution is -0.158. The number of carboxylic acid groups (broad SMARTS) is 1. The van der Waals surface area contributed by atoms with Gasteiger partial charge in [-0.05, 0) is 30.5 Å². The summed E-state index contributed by atoms with van der Waals surface area (Å²) < 4.78 is 15.4. The predicted octanol–water partition coefficient (Wildman–Crippen LogP) is 1.88. The summed E-state index contributed by atoms with van der Waals surface area (Å²) in [4.78, 5) is 24.2. The van der Waals surface area contributed by atoms with Crippen molar-refractivity contribution >= 4 is 11.9 Å². The third-order valence-electron chi connectivity index (χ3n) is 4.33. The molecule has 1 aliphatic carbocycles. The molecular weight excluding hydrogens is 288 g/mol. The fraction of sp³-hybridized carbons (Fsp3) is 0.375. The van der Waals surface area contributed by atoms with Gasteiger partial charge in [-0.15, -0.1) is 0 Å². The summed E-state index contributed by atoms with van der Waals surface area (Å²) in [7, 11) is 1.27. The topological polar surface area (TPSA) is 82.1 Å². The van der Waals surface area contributed by atoms with Crippen LogP contribution < -0.4 is 9.47 Å². The van der Waals surface area contributed by atoms with Gasteiger partial charge in [-0.25, -0.2) is 0 Å². The van der Waals surface area contributed by atoms with Crippen molar-refractivity contribution in [2.45, 2.75) is 18.3 Å². The van der Waals surface area contributed by atoms with E-state index in [2.05, 4.69) is 0 Å². The number of methoxy groups -OCH3 is 1. The van der Waals surface area contributed by atoms with E-state index in [0.29, 0.717) is 23.5 Å². The molecule has 1 heterocycles. The molecule has 0 bridgehead atoms. The summed E-state index contributed by atoms with van der Waals surface area (Å²) in [5, 5.41) is 9.89. The third-order valence-corrected chi connectivity index (χ3v) is 4.33. The number of benzene rings is 1. The van der Waals surface area contributed by atoms with E-state index in [-0.39, 0.29) is 13.2 Å². The van der Waals surface area contributed by atoms with Crippen LogP contribution in [0.5, 0.6) is 11.5 Å². The zero-order chi connectivity index (χ0) is 15.7. The van der Waals surface area contributed by atoms with Gasteiger partial charge >= 0.3 is 11.9 Å². The van der Waals surface area contributed by atoms with Crippen LogP contribution in [0.25, 0.3) is 0 Å². The molecule has 1 aromatic carbocycles. The SMILES string of the molecule is COC(=O)C1CC=CCC1(C(=O)O)c1ccc2c(c1)OCO2. The zero-order valence-corrected chi connectivity index (χ0v) is 12.1. The van der Waals surface area contributed by atoms with E-state index >= 15 is 0 Å². The number of carbonyl (C=O) groups is 2. The van der Waals surface area contributed by atoms with Crippen LogP contribution in [0.3, 0.4) is 0 Å². The van der Waals surface area contributed by atoms with Gasteiger partial charge < -0.3 is 19.3 Å². The number of carboxylic acids is 1. The number of allylic oxidation sites excluding steroid dienone is 2. The first-order valence-corrected chi connectivity index (χ1v) is 6.96. The van der Waals surface area contributed by atoms with Crippen molar-refractivity contribution in [3.63, 3.8) is 0 Å². The van der Waals surface area contributed by atoms with Gasteiger partial charge in [0.1, 0.15) is 5.41 Å². The molecule has 0 saturated heterocycles. The van der Waals surface area contributed by atoms with Gasteiger partial charge in [0.15, 0.2) is 11.5 Å². The zero-order valence-electron chi connectivity index (χ0n) is 12.1. The van der Waals surface area contributed by atoms with Crippen LogP contribution >= 0.6 is 0 Å². The van der Waals surface area contributed by atoms with Gasteiger partial charge in [-0.2, -0.15) is 0 Å². The van der Waals surface area contributed by atoms with Crippen molar-refractivity contribution in [1.82, 2.24) is 0 Å². The summed E-state index contributed by atoms with van der Waals surface area (Å²) in [6, 6.07) is 5.00. The molecule has 22 heavy (non-hydrogen) atoms. The Morgan fingerprint density at radius 2 is 2.05 bits per heavy atom. The van der Waals surface area contributed by atoms with Crippen LogP contribution in [0.15, 0.2) is 30.4 Å². The first-order valence-electron chi connectivity index (χ1n) is 6.96. The molecule has 1 aromatic rings. The van der Waals surface area contributed by atoms with Gasteiger partial charge in [0.05, 0.1) is 13.0 Å². The normalized spacial score (nSPS) is 25.8. The highest BCUT2D eigenvalue weighted by atomic mass is 16.7. The molecule has 2 unspecified atom stereocenters. The Balaban J connectivity index is 2.13. The molecule has 1 N–H and O–H groups in total. The molecule has 0 saturated carbocycles. The average Bonchev–Trinajstić information content (AvgIpc) is 3.01. The highest BCUT2D eigenvalue weighted by Crippen LogP contribution is 2.45. The molecule has 1 aliphatic heterocycles. The van der Waals surface area contributed by atoms with Crippen molar-refractivity contribution in [2.24, 2.45) is 5.92 Å². The molecule has 6 nitrogen and oxygen atoms in total. The Hall–Kier alpha value is -2.50.